The second-order valence-corrected chi connectivity index (χ2v) is 6.01. The van der Waals surface area contributed by atoms with Gasteiger partial charge in [-0.05, 0) is 18.9 Å². The summed E-state index contributed by atoms with van der Waals surface area (Å²) in [6, 6.07) is 9.69. The number of hydrogen-bond donors (Lipinski definition) is 0. The van der Waals surface area contributed by atoms with E-state index in [0.29, 0.717) is 13.0 Å². The van der Waals surface area contributed by atoms with Gasteiger partial charge in [-0.15, -0.1) is 0 Å². The maximum absolute atomic E-state index is 12.5. The van der Waals surface area contributed by atoms with E-state index < -0.39 is 12.8 Å². The largest absolute Gasteiger partial charge is 0.447 e. The molecule has 124 valence electrons. The number of carbonyl (C=O) groups excluding carboxylic acids is 2. The number of carbonyl (C=O) groups is 2. The molecule has 0 aliphatic carbocycles. The van der Waals surface area contributed by atoms with Gasteiger partial charge in [-0.3, -0.25) is 4.79 Å². The first-order valence-electron chi connectivity index (χ1n) is 7.99. The Morgan fingerprint density at radius 1 is 1.35 bits per heavy atom. The van der Waals surface area contributed by atoms with Gasteiger partial charge in [0, 0.05) is 13.0 Å². The van der Waals surface area contributed by atoms with E-state index in [-0.39, 0.29) is 30.6 Å². The smallest absolute Gasteiger partial charge is 0.410 e. The second kappa shape index (κ2) is 6.56. The van der Waals surface area contributed by atoms with Crippen LogP contribution < -0.4 is 0 Å². The van der Waals surface area contributed by atoms with Crippen LogP contribution >= 0.6 is 0 Å². The first kappa shape index (κ1) is 15.8. The number of halogens is 1. The Labute approximate surface area is 135 Å². The number of benzene rings is 1. The molecule has 5 nitrogen and oxygen atoms in total. The molecule has 0 N–H and O–H groups in total. The lowest BCUT2D eigenvalue weighted by Crippen LogP contribution is -2.41. The first-order chi connectivity index (χ1) is 11.1. The number of amides is 2. The highest BCUT2D eigenvalue weighted by Crippen LogP contribution is 2.38. The van der Waals surface area contributed by atoms with Crippen molar-refractivity contribution in [3.05, 3.63) is 35.9 Å². The molecule has 2 aliphatic rings. The highest BCUT2D eigenvalue weighted by molar-refractivity contribution is 5.82. The summed E-state index contributed by atoms with van der Waals surface area (Å²) in [6.07, 6.45) is 0.530. The third kappa shape index (κ3) is 2.90. The maximum Gasteiger partial charge on any atom is 0.410 e. The Hall–Kier alpha value is -2.11. The van der Waals surface area contributed by atoms with Crippen molar-refractivity contribution in [1.29, 1.82) is 0 Å². The zero-order valence-electron chi connectivity index (χ0n) is 13.2. The van der Waals surface area contributed by atoms with Gasteiger partial charge in [0.1, 0.15) is 13.3 Å². The fourth-order valence-corrected chi connectivity index (χ4v) is 3.71. The second-order valence-electron chi connectivity index (χ2n) is 6.01. The van der Waals surface area contributed by atoms with Gasteiger partial charge in [-0.1, -0.05) is 30.3 Å². The van der Waals surface area contributed by atoms with Gasteiger partial charge in [0.25, 0.3) is 0 Å². The SMILES string of the molecule is CC(c1ccccc1)N1C(=O)C[C@H]2[C@@H]1CCN2C(=O)OCCF. The monoisotopic (exact) mass is 320 g/mol. The molecule has 6 heteroatoms. The Bertz CT molecular complexity index is 580. The van der Waals surface area contributed by atoms with Gasteiger partial charge in [0.2, 0.25) is 5.91 Å². The van der Waals surface area contributed by atoms with Gasteiger partial charge in [0.05, 0.1) is 18.1 Å². The zero-order valence-corrected chi connectivity index (χ0v) is 13.2. The van der Waals surface area contributed by atoms with Crippen LogP contribution in [-0.2, 0) is 9.53 Å². The molecule has 1 unspecified atom stereocenters. The van der Waals surface area contributed by atoms with Crippen LogP contribution in [0.4, 0.5) is 9.18 Å². The number of fused-ring (bicyclic) bond motifs is 1. The van der Waals surface area contributed by atoms with Crippen LogP contribution in [0, 0.1) is 0 Å². The molecule has 3 atom stereocenters. The van der Waals surface area contributed by atoms with Crippen molar-refractivity contribution in [3.63, 3.8) is 0 Å². The van der Waals surface area contributed by atoms with Gasteiger partial charge in [-0.25, -0.2) is 9.18 Å². The minimum atomic E-state index is -0.691. The Kier molecular flexibility index (Phi) is 4.50. The Morgan fingerprint density at radius 3 is 2.78 bits per heavy atom. The lowest BCUT2D eigenvalue weighted by atomic mass is 10.0. The van der Waals surface area contributed by atoms with Crippen LogP contribution in [0.25, 0.3) is 0 Å². The predicted molar refractivity (Wildman–Crippen MR) is 82.5 cm³/mol. The standard InChI is InChI=1S/C17H21FN2O3/c1-12(13-5-3-2-4-6-13)20-14-7-9-19(15(14)11-16(20)21)17(22)23-10-8-18/h2-6,12,14-15H,7-11H2,1H3/t12?,14-,15-/m0/s1. The van der Waals surface area contributed by atoms with E-state index in [4.69, 9.17) is 4.74 Å². The number of alkyl halides is 1. The molecule has 1 aromatic carbocycles. The van der Waals surface area contributed by atoms with Crippen molar-refractivity contribution in [2.45, 2.75) is 37.9 Å². The third-order valence-corrected chi connectivity index (χ3v) is 4.78. The summed E-state index contributed by atoms with van der Waals surface area (Å²) in [5.74, 6) is 0.0549. The van der Waals surface area contributed by atoms with Crippen molar-refractivity contribution in [2.24, 2.45) is 0 Å². The summed E-state index contributed by atoms with van der Waals surface area (Å²) in [7, 11) is 0. The molecule has 2 aliphatic heterocycles. The third-order valence-electron chi connectivity index (χ3n) is 4.78. The van der Waals surface area contributed by atoms with E-state index in [1.807, 2.05) is 42.2 Å². The zero-order chi connectivity index (χ0) is 16.4. The number of nitrogens with zero attached hydrogens (tertiary/aromatic N) is 2. The number of rotatable bonds is 4. The molecule has 0 spiro atoms. The topological polar surface area (TPSA) is 49.9 Å². The van der Waals surface area contributed by atoms with E-state index >= 15 is 0 Å². The summed E-state index contributed by atoms with van der Waals surface area (Å²) >= 11 is 0. The van der Waals surface area contributed by atoms with Crippen molar-refractivity contribution in [1.82, 2.24) is 9.80 Å². The highest BCUT2D eigenvalue weighted by atomic mass is 19.1. The Morgan fingerprint density at radius 2 is 2.09 bits per heavy atom. The molecule has 0 radical (unpaired) electrons. The number of hydrogen-bond acceptors (Lipinski definition) is 3. The van der Waals surface area contributed by atoms with Crippen LogP contribution in [0.1, 0.15) is 31.4 Å². The van der Waals surface area contributed by atoms with E-state index in [2.05, 4.69) is 0 Å². The lowest BCUT2D eigenvalue weighted by molar-refractivity contribution is -0.131. The minimum Gasteiger partial charge on any atom is -0.447 e. The average molecular weight is 320 g/mol. The number of likely N-dealkylation sites (tertiary alicyclic amines) is 2. The summed E-state index contributed by atoms with van der Waals surface area (Å²) in [5, 5.41) is 0. The van der Waals surface area contributed by atoms with Crippen molar-refractivity contribution in [2.75, 3.05) is 19.8 Å². The number of ether oxygens (including phenoxy) is 1. The van der Waals surface area contributed by atoms with E-state index in [1.165, 1.54) is 0 Å². The van der Waals surface area contributed by atoms with E-state index in [9.17, 15) is 14.0 Å². The van der Waals surface area contributed by atoms with Crippen LogP contribution in [0.15, 0.2) is 30.3 Å². The normalized spacial score (nSPS) is 24.7. The molecular weight excluding hydrogens is 299 g/mol. The van der Waals surface area contributed by atoms with Crippen LogP contribution in [-0.4, -0.2) is 53.7 Å². The van der Waals surface area contributed by atoms with Crippen molar-refractivity contribution in [3.8, 4) is 0 Å². The molecular formula is C17H21FN2O3. The first-order valence-corrected chi connectivity index (χ1v) is 7.99. The molecule has 0 bridgehead atoms. The maximum atomic E-state index is 12.5. The molecule has 2 amide bonds. The summed E-state index contributed by atoms with van der Waals surface area (Å²) < 4.78 is 17.0. The molecule has 2 heterocycles. The lowest BCUT2D eigenvalue weighted by Gasteiger charge is -2.30. The highest BCUT2D eigenvalue weighted by Gasteiger charge is 2.50. The molecule has 2 fully saturated rings. The summed E-state index contributed by atoms with van der Waals surface area (Å²) in [6.45, 7) is 1.64. The molecule has 3 rings (SSSR count). The quantitative estimate of drug-likeness (QED) is 0.856. The molecule has 23 heavy (non-hydrogen) atoms. The molecule has 0 aromatic heterocycles. The minimum absolute atomic E-state index is 0.00985. The van der Waals surface area contributed by atoms with Crippen molar-refractivity contribution < 1.29 is 18.7 Å². The van der Waals surface area contributed by atoms with E-state index in [0.717, 1.165) is 12.0 Å². The van der Waals surface area contributed by atoms with Crippen molar-refractivity contribution >= 4 is 12.0 Å². The fourth-order valence-electron chi connectivity index (χ4n) is 3.71. The van der Waals surface area contributed by atoms with E-state index in [1.54, 1.807) is 4.90 Å². The predicted octanol–water partition coefficient (Wildman–Crippen LogP) is 2.53. The summed E-state index contributed by atoms with van der Waals surface area (Å²) in [4.78, 5) is 27.9. The molecule has 0 saturated carbocycles. The van der Waals surface area contributed by atoms with Gasteiger partial charge in [0.15, 0.2) is 0 Å². The molecule has 2 saturated heterocycles. The fraction of sp³-hybridized carbons (Fsp3) is 0.529. The van der Waals surface area contributed by atoms with Crippen LogP contribution in [0.5, 0.6) is 0 Å². The van der Waals surface area contributed by atoms with Crippen LogP contribution in [0.3, 0.4) is 0 Å². The molecule has 1 aromatic rings. The van der Waals surface area contributed by atoms with Gasteiger partial charge >= 0.3 is 6.09 Å². The van der Waals surface area contributed by atoms with Crippen LogP contribution in [0.2, 0.25) is 0 Å². The van der Waals surface area contributed by atoms with Gasteiger partial charge < -0.3 is 14.5 Å². The summed E-state index contributed by atoms with van der Waals surface area (Å²) in [5.41, 5.74) is 1.08. The average Bonchev–Trinajstić information content (AvgIpc) is 3.10. The van der Waals surface area contributed by atoms with Gasteiger partial charge in [-0.2, -0.15) is 0 Å². The Balaban J connectivity index is 1.74.